The normalized spacial score (nSPS) is 10.6. The number of methoxy groups -OCH3 is 1. The molecule has 0 radical (unpaired) electrons. The van der Waals surface area contributed by atoms with E-state index in [1.54, 1.807) is 7.11 Å². The molecule has 0 fully saturated rings. The van der Waals surface area contributed by atoms with Gasteiger partial charge < -0.3 is 14.6 Å². The molecule has 2 rings (SSSR count). The molecule has 0 spiro atoms. The summed E-state index contributed by atoms with van der Waals surface area (Å²) in [5.41, 5.74) is 2.98. The Morgan fingerprint density at radius 1 is 1.28 bits per heavy atom. The minimum absolute atomic E-state index is 0.631. The van der Waals surface area contributed by atoms with Crippen LogP contribution in [-0.2, 0) is 13.1 Å². The first-order valence-corrected chi connectivity index (χ1v) is 5.83. The summed E-state index contributed by atoms with van der Waals surface area (Å²) in [5.74, 6) is 1.49. The molecule has 0 atom stereocenters. The molecule has 1 N–H and O–H groups in total. The lowest BCUT2D eigenvalue weighted by Gasteiger charge is -2.05. The number of nitrogens with one attached hydrogen (secondary N) is 1. The van der Waals surface area contributed by atoms with E-state index in [1.165, 1.54) is 0 Å². The van der Waals surface area contributed by atoms with Gasteiger partial charge in [-0.05, 0) is 19.9 Å². The van der Waals surface area contributed by atoms with E-state index >= 15 is 0 Å². The summed E-state index contributed by atoms with van der Waals surface area (Å²) < 4.78 is 10.2. The maximum Gasteiger partial charge on any atom is 0.213 e. The monoisotopic (exact) mass is 247 g/mol. The number of aromatic nitrogens is 2. The third kappa shape index (κ3) is 2.87. The second kappa shape index (κ2) is 5.64. The van der Waals surface area contributed by atoms with E-state index in [0.717, 1.165) is 29.3 Å². The van der Waals surface area contributed by atoms with E-state index in [4.69, 9.17) is 9.26 Å². The molecule has 2 aromatic heterocycles. The average molecular weight is 247 g/mol. The van der Waals surface area contributed by atoms with Crippen molar-refractivity contribution in [2.45, 2.75) is 26.9 Å². The van der Waals surface area contributed by atoms with Crippen molar-refractivity contribution in [2.75, 3.05) is 7.11 Å². The Morgan fingerprint density at radius 2 is 2.11 bits per heavy atom. The molecule has 2 heterocycles. The van der Waals surface area contributed by atoms with Gasteiger partial charge in [0, 0.05) is 24.7 Å². The predicted octanol–water partition coefficient (Wildman–Crippen LogP) is 1.98. The number of aryl methyl sites for hydroxylation is 2. The molecule has 0 aliphatic rings. The molecule has 0 amide bonds. The minimum Gasteiger partial charge on any atom is -0.481 e. The number of hydrogen-bond donors (Lipinski definition) is 1. The molecule has 0 aromatic carbocycles. The van der Waals surface area contributed by atoms with Crippen LogP contribution < -0.4 is 10.1 Å². The largest absolute Gasteiger partial charge is 0.481 e. The van der Waals surface area contributed by atoms with Crippen LogP contribution >= 0.6 is 0 Å². The average Bonchev–Trinajstić information content (AvgIpc) is 2.70. The maximum absolute atomic E-state index is 5.11. The van der Waals surface area contributed by atoms with Crippen LogP contribution in [0.4, 0.5) is 0 Å². The first kappa shape index (κ1) is 12.6. The van der Waals surface area contributed by atoms with Gasteiger partial charge in [-0.25, -0.2) is 4.98 Å². The van der Waals surface area contributed by atoms with Gasteiger partial charge in [0.2, 0.25) is 5.88 Å². The van der Waals surface area contributed by atoms with Crippen LogP contribution in [0.2, 0.25) is 0 Å². The number of nitrogens with zero attached hydrogens (tertiary/aromatic N) is 2. The zero-order valence-corrected chi connectivity index (χ0v) is 10.9. The summed E-state index contributed by atoms with van der Waals surface area (Å²) in [6, 6.07) is 5.72. The number of pyridine rings is 1. The summed E-state index contributed by atoms with van der Waals surface area (Å²) in [6.07, 6.45) is 0. The van der Waals surface area contributed by atoms with Gasteiger partial charge in [-0.15, -0.1) is 0 Å². The smallest absolute Gasteiger partial charge is 0.213 e. The second-order valence-electron chi connectivity index (χ2n) is 4.08. The highest BCUT2D eigenvalue weighted by Crippen LogP contribution is 2.12. The Balaban J connectivity index is 1.92. The first-order valence-electron chi connectivity index (χ1n) is 5.83. The number of rotatable bonds is 5. The maximum atomic E-state index is 5.11. The summed E-state index contributed by atoms with van der Waals surface area (Å²) in [5, 5.41) is 7.24. The SMILES string of the molecule is COc1cccc(CNCc2c(C)noc2C)n1. The Morgan fingerprint density at radius 3 is 2.78 bits per heavy atom. The van der Waals surface area contributed by atoms with Crippen LogP contribution in [0.1, 0.15) is 22.7 Å². The molecule has 0 unspecified atom stereocenters. The molecule has 5 heteroatoms. The molecule has 0 bridgehead atoms. The van der Waals surface area contributed by atoms with Gasteiger partial charge in [0.1, 0.15) is 5.76 Å². The van der Waals surface area contributed by atoms with Gasteiger partial charge in [-0.1, -0.05) is 11.2 Å². The van der Waals surface area contributed by atoms with E-state index in [-0.39, 0.29) is 0 Å². The van der Waals surface area contributed by atoms with Crippen molar-refractivity contribution in [1.29, 1.82) is 0 Å². The Hall–Kier alpha value is -1.88. The molecule has 5 nitrogen and oxygen atoms in total. The molecule has 0 saturated carbocycles. The molecule has 2 aromatic rings. The van der Waals surface area contributed by atoms with Crippen LogP contribution in [0.3, 0.4) is 0 Å². The summed E-state index contributed by atoms with van der Waals surface area (Å²) in [7, 11) is 1.61. The summed E-state index contributed by atoms with van der Waals surface area (Å²) in [6.45, 7) is 5.26. The number of ether oxygens (including phenoxy) is 1. The lowest BCUT2D eigenvalue weighted by molar-refractivity contribution is 0.391. The van der Waals surface area contributed by atoms with Crippen molar-refractivity contribution in [1.82, 2.24) is 15.5 Å². The molecule has 0 aliphatic carbocycles. The highest BCUT2D eigenvalue weighted by Gasteiger charge is 2.08. The summed E-state index contributed by atoms with van der Waals surface area (Å²) in [4.78, 5) is 4.33. The van der Waals surface area contributed by atoms with Crippen LogP contribution in [0.25, 0.3) is 0 Å². The molecule has 0 aliphatic heterocycles. The topological polar surface area (TPSA) is 60.2 Å². The van der Waals surface area contributed by atoms with Crippen molar-refractivity contribution in [3.05, 3.63) is 40.9 Å². The van der Waals surface area contributed by atoms with Crippen molar-refractivity contribution < 1.29 is 9.26 Å². The quantitative estimate of drug-likeness (QED) is 0.875. The third-order valence-corrected chi connectivity index (χ3v) is 2.78. The van der Waals surface area contributed by atoms with E-state index in [1.807, 2.05) is 32.0 Å². The highest BCUT2D eigenvalue weighted by atomic mass is 16.5. The van der Waals surface area contributed by atoms with Crippen LogP contribution in [0.5, 0.6) is 5.88 Å². The van der Waals surface area contributed by atoms with Gasteiger partial charge in [-0.2, -0.15) is 0 Å². The number of hydrogen-bond acceptors (Lipinski definition) is 5. The standard InChI is InChI=1S/C13H17N3O2/c1-9-12(10(2)18-16-9)8-14-7-11-5-4-6-13(15-11)17-3/h4-6,14H,7-8H2,1-3H3. The van der Waals surface area contributed by atoms with Gasteiger partial charge in [0.15, 0.2) is 0 Å². The van der Waals surface area contributed by atoms with E-state index in [2.05, 4.69) is 15.5 Å². The van der Waals surface area contributed by atoms with E-state index in [0.29, 0.717) is 12.4 Å². The van der Waals surface area contributed by atoms with Crippen LogP contribution in [0, 0.1) is 13.8 Å². The van der Waals surface area contributed by atoms with Gasteiger partial charge in [-0.3, -0.25) is 0 Å². The lowest BCUT2D eigenvalue weighted by Crippen LogP contribution is -2.14. The Kier molecular flexibility index (Phi) is 3.94. The molecular weight excluding hydrogens is 230 g/mol. The Labute approximate surface area is 106 Å². The predicted molar refractivity (Wildman–Crippen MR) is 67.3 cm³/mol. The van der Waals surface area contributed by atoms with Crippen molar-refractivity contribution in [3.8, 4) is 5.88 Å². The van der Waals surface area contributed by atoms with Crippen LogP contribution in [0.15, 0.2) is 22.7 Å². The minimum atomic E-state index is 0.631. The van der Waals surface area contributed by atoms with E-state index in [9.17, 15) is 0 Å². The van der Waals surface area contributed by atoms with Crippen molar-refractivity contribution in [3.63, 3.8) is 0 Å². The zero-order valence-electron chi connectivity index (χ0n) is 10.9. The fraction of sp³-hybridized carbons (Fsp3) is 0.385. The Bertz CT molecular complexity index is 503. The zero-order chi connectivity index (χ0) is 13.0. The molecule has 96 valence electrons. The van der Waals surface area contributed by atoms with Crippen molar-refractivity contribution in [2.24, 2.45) is 0 Å². The second-order valence-corrected chi connectivity index (χ2v) is 4.08. The van der Waals surface area contributed by atoms with Crippen molar-refractivity contribution >= 4 is 0 Å². The van der Waals surface area contributed by atoms with Gasteiger partial charge >= 0.3 is 0 Å². The van der Waals surface area contributed by atoms with E-state index < -0.39 is 0 Å². The third-order valence-electron chi connectivity index (χ3n) is 2.78. The van der Waals surface area contributed by atoms with Crippen LogP contribution in [-0.4, -0.2) is 17.3 Å². The van der Waals surface area contributed by atoms with Gasteiger partial charge in [0.25, 0.3) is 0 Å². The lowest BCUT2D eigenvalue weighted by atomic mass is 10.2. The molecule has 18 heavy (non-hydrogen) atoms. The van der Waals surface area contributed by atoms with Gasteiger partial charge in [0.05, 0.1) is 18.5 Å². The molecular formula is C13H17N3O2. The molecule has 0 saturated heterocycles. The highest BCUT2D eigenvalue weighted by molar-refractivity contribution is 5.20. The fourth-order valence-electron chi connectivity index (χ4n) is 1.74. The fourth-order valence-corrected chi connectivity index (χ4v) is 1.74. The first-order chi connectivity index (χ1) is 8.70. The summed E-state index contributed by atoms with van der Waals surface area (Å²) >= 11 is 0.